The smallest absolute Gasteiger partial charge is 0.240 e. The van der Waals surface area contributed by atoms with Crippen LogP contribution in [0, 0.1) is 6.92 Å². The van der Waals surface area contributed by atoms with Gasteiger partial charge >= 0.3 is 0 Å². The van der Waals surface area contributed by atoms with Crippen LogP contribution in [0.5, 0.6) is 0 Å². The lowest BCUT2D eigenvalue weighted by Gasteiger charge is -2.28. The second kappa shape index (κ2) is 8.14. The Morgan fingerprint density at radius 3 is 2.65 bits per heavy atom. The summed E-state index contributed by atoms with van der Waals surface area (Å²) in [6, 6.07) is 14.5. The lowest BCUT2D eigenvalue weighted by Crippen LogP contribution is -2.35. The Morgan fingerprint density at radius 1 is 1.27 bits per heavy atom. The van der Waals surface area contributed by atoms with Gasteiger partial charge in [0.05, 0.1) is 11.0 Å². The number of alkyl halides is 1. The number of aryl methyl sites for hydroxylation is 1. The fourth-order valence-electron chi connectivity index (χ4n) is 3.14. The van der Waals surface area contributed by atoms with Gasteiger partial charge in [0.15, 0.2) is 0 Å². The second-order valence-electron chi connectivity index (χ2n) is 6.58. The average molecular weight is 506 g/mol. The van der Waals surface area contributed by atoms with Crippen molar-refractivity contribution in [2.75, 3.05) is 11.0 Å². The van der Waals surface area contributed by atoms with Crippen LogP contribution < -0.4 is 4.72 Å². The highest BCUT2D eigenvalue weighted by molar-refractivity contribution is 14.1. The third-order valence-corrected chi connectivity index (χ3v) is 7.57. The lowest BCUT2D eigenvalue weighted by molar-refractivity contribution is -0.0238. The monoisotopic (exact) mass is 505 g/mol. The van der Waals surface area contributed by atoms with Crippen LogP contribution in [0.2, 0.25) is 5.02 Å². The fourth-order valence-corrected chi connectivity index (χ4v) is 5.40. The predicted molar refractivity (Wildman–Crippen MR) is 112 cm³/mol. The molecule has 0 radical (unpaired) electrons. The molecule has 2 aromatic carbocycles. The Hall–Kier alpha value is -0.670. The van der Waals surface area contributed by atoms with Gasteiger partial charge in [-0.2, -0.15) is 0 Å². The van der Waals surface area contributed by atoms with E-state index in [2.05, 4.69) is 27.3 Å². The summed E-state index contributed by atoms with van der Waals surface area (Å²) in [5.74, 6) is 0. The highest BCUT2D eigenvalue weighted by Gasteiger charge is 2.41. The summed E-state index contributed by atoms with van der Waals surface area (Å²) in [6.45, 7) is 2.19. The number of hydrogen-bond donors (Lipinski definition) is 1. The highest BCUT2D eigenvalue weighted by Crippen LogP contribution is 2.41. The third kappa shape index (κ3) is 4.42. The Kier molecular flexibility index (Phi) is 6.29. The number of ether oxygens (including phenoxy) is 1. The van der Waals surface area contributed by atoms with E-state index in [1.807, 2.05) is 31.2 Å². The van der Waals surface area contributed by atoms with E-state index < -0.39 is 15.6 Å². The first kappa shape index (κ1) is 20.1. The van der Waals surface area contributed by atoms with Gasteiger partial charge in [0.2, 0.25) is 10.0 Å². The van der Waals surface area contributed by atoms with E-state index in [-0.39, 0.29) is 17.5 Å². The third-order valence-electron chi connectivity index (χ3n) is 4.66. The van der Waals surface area contributed by atoms with Gasteiger partial charge in [-0.05, 0) is 49.6 Å². The van der Waals surface area contributed by atoms with E-state index in [1.165, 1.54) is 0 Å². The van der Waals surface area contributed by atoms with Crippen molar-refractivity contribution in [3.63, 3.8) is 0 Å². The van der Waals surface area contributed by atoms with Gasteiger partial charge in [-0.3, -0.25) is 0 Å². The molecule has 0 aliphatic carbocycles. The van der Waals surface area contributed by atoms with Crippen molar-refractivity contribution in [3.8, 4) is 0 Å². The summed E-state index contributed by atoms with van der Waals surface area (Å²) in [5, 5.41) is 0.679. The molecule has 0 unspecified atom stereocenters. The standard InChI is InChI=1S/C19H21ClINO3S/c1-14-5-7-18(8-6-14)26(23,24)22-12-17-9-10-19(13-21,25-17)15-3-2-4-16(20)11-15/h2-8,11,17,22H,9-10,12-13H2,1H3/t17-,19-/m1/s1. The number of rotatable bonds is 6. The maximum absolute atomic E-state index is 12.5. The minimum absolute atomic E-state index is 0.163. The molecule has 0 saturated carbocycles. The normalized spacial score (nSPS) is 23.3. The number of nitrogens with one attached hydrogen (secondary N) is 1. The van der Waals surface area contributed by atoms with Crippen molar-refractivity contribution < 1.29 is 13.2 Å². The maximum Gasteiger partial charge on any atom is 0.240 e. The zero-order chi connectivity index (χ0) is 18.8. The Bertz CT molecular complexity index is 873. The highest BCUT2D eigenvalue weighted by atomic mass is 127. The van der Waals surface area contributed by atoms with E-state index in [1.54, 1.807) is 24.3 Å². The largest absolute Gasteiger partial charge is 0.365 e. The molecule has 4 nitrogen and oxygen atoms in total. The van der Waals surface area contributed by atoms with Gasteiger partial charge in [0.25, 0.3) is 0 Å². The van der Waals surface area contributed by atoms with Gasteiger partial charge in [-0.25, -0.2) is 13.1 Å². The van der Waals surface area contributed by atoms with Crippen LogP contribution in [0.15, 0.2) is 53.4 Å². The predicted octanol–water partition coefficient (Wildman–Crippen LogP) is 4.44. The molecule has 140 valence electrons. The van der Waals surface area contributed by atoms with Crippen molar-refractivity contribution in [1.29, 1.82) is 0 Å². The van der Waals surface area contributed by atoms with Crippen LogP contribution in [-0.2, 0) is 20.4 Å². The first-order valence-electron chi connectivity index (χ1n) is 8.41. The van der Waals surface area contributed by atoms with Crippen LogP contribution in [0.25, 0.3) is 0 Å². The summed E-state index contributed by atoms with van der Waals surface area (Å²) in [6.07, 6.45) is 1.48. The Labute approximate surface area is 173 Å². The van der Waals surface area contributed by atoms with E-state index in [4.69, 9.17) is 16.3 Å². The van der Waals surface area contributed by atoms with Crippen LogP contribution in [0.1, 0.15) is 24.0 Å². The fraction of sp³-hybridized carbons (Fsp3) is 0.368. The molecule has 2 atom stereocenters. The minimum atomic E-state index is -3.53. The van der Waals surface area contributed by atoms with Gasteiger partial charge in [0.1, 0.15) is 5.60 Å². The summed E-state index contributed by atoms with van der Waals surface area (Å²) < 4.78 is 34.7. The van der Waals surface area contributed by atoms with Crippen molar-refractivity contribution >= 4 is 44.2 Å². The molecule has 3 rings (SSSR count). The molecule has 0 amide bonds. The maximum atomic E-state index is 12.5. The SMILES string of the molecule is Cc1ccc(S(=O)(=O)NC[C@H]2CC[C@@](CI)(c3cccc(Cl)c3)O2)cc1. The molecule has 1 N–H and O–H groups in total. The molecule has 0 bridgehead atoms. The quantitative estimate of drug-likeness (QED) is 0.467. The zero-order valence-electron chi connectivity index (χ0n) is 14.4. The zero-order valence-corrected chi connectivity index (χ0v) is 18.1. The first-order valence-corrected chi connectivity index (χ1v) is 11.8. The van der Waals surface area contributed by atoms with E-state index >= 15 is 0 Å². The number of halogens is 2. The summed E-state index contributed by atoms with van der Waals surface area (Å²) in [5.41, 5.74) is 1.66. The van der Waals surface area contributed by atoms with Crippen LogP contribution >= 0.6 is 34.2 Å². The number of sulfonamides is 1. The molecule has 1 aliphatic rings. The average Bonchev–Trinajstić information content (AvgIpc) is 3.05. The molecule has 1 heterocycles. The Balaban J connectivity index is 1.68. The summed E-state index contributed by atoms with van der Waals surface area (Å²) >= 11 is 8.45. The molecule has 0 aromatic heterocycles. The summed E-state index contributed by atoms with van der Waals surface area (Å²) in [7, 11) is -3.53. The molecular formula is C19H21ClINO3S. The molecule has 7 heteroatoms. The van der Waals surface area contributed by atoms with Crippen LogP contribution in [0.4, 0.5) is 0 Å². The molecule has 1 aliphatic heterocycles. The van der Waals surface area contributed by atoms with E-state index in [9.17, 15) is 8.42 Å². The Morgan fingerprint density at radius 2 is 2.00 bits per heavy atom. The molecule has 1 fully saturated rings. The molecule has 2 aromatic rings. The van der Waals surface area contributed by atoms with Crippen molar-refractivity contribution in [1.82, 2.24) is 4.72 Å². The van der Waals surface area contributed by atoms with Gasteiger partial charge in [-0.15, -0.1) is 0 Å². The summed E-state index contributed by atoms with van der Waals surface area (Å²) in [4.78, 5) is 0.274. The molecule has 26 heavy (non-hydrogen) atoms. The van der Waals surface area contributed by atoms with Gasteiger partial charge in [-0.1, -0.05) is 64.0 Å². The second-order valence-corrected chi connectivity index (χ2v) is 9.55. The molecule has 1 saturated heterocycles. The molecule has 0 spiro atoms. The van der Waals surface area contributed by atoms with E-state index in [0.717, 1.165) is 28.4 Å². The number of benzene rings is 2. The van der Waals surface area contributed by atoms with Crippen LogP contribution in [0.3, 0.4) is 0 Å². The van der Waals surface area contributed by atoms with Gasteiger partial charge < -0.3 is 4.74 Å². The van der Waals surface area contributed by atoms with Crippen LogP contribution in [-0.4, -0.2) is 25.5 Å². The first-order chi connectivity index (χ1) is 12.3. The lowest BCUT2D eigenvalue weighted by atomic mass is 9.93. The topological polar surface area (TPSA) is 55.4 Å². The molecular weight excluding hydrogens is 485 g/mol. The van der Waals surface area contributed by atoms with Gasteiger partial charge in [0, 0.05) is 16.0 Å². The minimum Gasteiger partial charge on any atom is -0.365 e. The van der Waals surface area contributed by atoms with Crippen molar-refractivity contribution in [2.24, 2.45) is 0 Å². The van der Waals surface area contributed by atoms with Crippen molar-refractivity contribution in [3.05, 3.63) is 64.7 Å². The number of hydrogen-bond acceptors (Lipinski definition) is 3. The van der Waals surface area contributed by atoms with E-state index in [0.29, 0.717) is 5.02 Å². The van der Waals surface area contributed by atoms with Crippen molar-refractivity contribution in [2.45, 2.75) is 36.4 Å².